The minimum absolute atomic E-state index is 0.0136. The number of aromatic nitrogens is 2. The fourth-order valence-electron chi connectivity index (χ4n) is 2.48. The summed E-state index contributed by atoms with van der Waals surface area (Å²) >= 11 is 0. The first-order valence-electron chi connectivity index (χ1n) is 6.65. The highest BCUT2D eigenvalue weighted by atomic mass is 16.6. The summed E-state index contributed by atoms with van der Waals surface area (Å²) in [5.41, 5.74) is -0.116. The number of aliphatic hydroxyl groups excluding tert-OH is 1. The maximum Gasteiger partial charge on any atom is 0.307 e. The molecular formula is C12H18N4O4. The lowest BCUT2D eigenvalue weighted by atomic mass is 9.95. The fourth-order valence-corrected chi connectivity index (χ4v) is 2.48. The van der Waals surface area contributed by atoms with E-state index in [4.69, 9.17) is 5.11 Å². The predicted molar refractivity (Wildman–Crippen MR) is 69.9 cm³/mol. The normalized spacial score (nSPS) is 19.1. The zero-order valence-electron chi connectivity index (χ0n) is 11.1. The number of aliphatic hydroxyl groups is 1. The summed E-state index contributed by atoms with van der Waals surface area (Å²) in [6.45, 7) is 1.49. The zero-order chi connectivity index (χ0) is 14.5. The molecule has 2 rings (SSSR count). The van der Waals surface area contributed by atoms with Crippen LogP contribution in [0.15, 0.2) is 12.4 Å². The van der Waals surface area contributed by atoms with E-state index in [9.17, 15) is 14.9 Å². The standard InChI is InChI=1S/C12H18N4O4/c17-5-3-10-2-1-4-14(7-10)12(18)9-15-8-11(6-13-15)16(19)20/h6,8,10,17H,1-5,7,9H2. The van der Waals surface area contributed by atoms with E-state index in [0.29, 0.717) is 25.4 Å². The molecule has 1 aliphatic rings. The Morgan fingerprint density at radius 1 is 1.60 bits per heavy atom. The quantitative estimate of drug-likeness (QED) is 0.622. The van der Waals surface area contributed by atoms with Crippen molar-refractivity contribution in [2.75, 3.05) is 19.7 Å². The van der Waals surface area contributed by atoms with Crippen LogP contribution in [0.2, 0.25) is 0 Å². The Hall–Kier alpha value is -1.96. The average Bonchev–Trinajstić information content (AvgIpc) is 2.88. The number of amides is 1. The monoisotopic (exact) mass is 282 g/mol. The predicted octanol–water partition coefficient (Wildman–Crippen LogP) is 0.412. The van der Waals surface area contributed by atoms with Crippen LogP contribution in [0.4, 0.5) is 5.69 Å². The molecule has 1 saturated heterocycles. The van der Waals surface area contributed by atoms with Gasteiger partial charge in [0.2, 0.25) is 5.91 Å². The third-order valence-electron chi connectivity index (χ3n) is 3.54. The summed E-state index contributed by atoms with van der Waals surface area (Å²) in [6, 6.07) is 0. The van der Waals surface area contributed by atoms with Crippen molar-refractivity contribution in [1.29, 1.82) is 0 Å². The molecule has 110 valence electrons. The largest absolute Gasteiger partial charge is 0.396 e. The SMILES string of the molecule is O=C(Cn1cc([N+](=O)[O-])cn1)N1CCCC(CCO)C1. The molecule has 0 saturated carbocycles. The number of hydrogen-bond donors (Lipinski definition) is 1. The molecule has 1 amide bonds. The van der Waals surface area contributed by atoms with Crippen LogP contribution < -0.4 is 0 Å². The molecule has 8 heteroatoms. The van der Waals surface area contributed by atoms with Gasteiger partial charge in [-0.2, -0.15) is 5.10 Å². The second kappa shape index (κ2) is 6.47. The Bertz CT molecular complexity index is 486. The van der Waals surface area contributed by atoms with E-state index in [0.717, 1.165) is 19.0 Å². The second-order valence-electron chi connectivity index (χ2n) is 5.01. The van der Waals surface area contributed by atoms with Gasteiger partial charge in [-0.1, -0.05) is 0 Å². The van der Waals surface area contributed by atoms with Crippen molar-refractivity contribution in [3.8, 4) is 0 Å². The molecule has 2 heterocycles. The van der Waals surface area contributed by atoms with Crippen LogP contribution in [0, 0.1) is 16.0 Å². The number of carbonyl (C=O) groups is 1. The third-order valence-corrected chi connectivity index (χ3v) is 3.54. The van der Waals surface area contributed by atoms with E-state index in [-0.39, 0.29) is 24.7 Å². The van der Waals surface area contributed by atoms with Gasteiger partial charge in [-0.05, 0) is 25.2 Å². The maximum atomic E-state index is 12.1. The molecule has 1 aromatic rings. The van der Waals surface area contributed by atoms with Gasteiger partial charge in [-0.15, -0.1) is 0 Å². The smallest absolute Gasteiger partial charge is 0.307 e. The summed E-state index contributed by atoms with van der Waals surface area (Å²) in [7, 11) is 0. The van der Waals surface area contributed by atoms with Crippen molar-refractivity contribution in [3.05, 3.63) is 22.5 Å². The molecule has 20 heavy (non-hydrogen) atoms. The van der Waals surface area contributed by atoms with E-state index in [1.165, 1.54) is 10.9 Å². The van der Waals surface area contributed by atoms with Gasteiger partial charge in [0.25, 0.3) is 0 Å². The zero-order valence-corrected chi connectivity index (χ0v) is 11.1. The lowest BCUT2D eigenvalue weighted by Crippen LogP contribution is -2.41. The van der Waals surface area contributed by atoms with Crippen LogP contribution in [0.25, 0.3) is 0 Å². The van der Waals surface area contributed by atoms with Gasteiger partial charge < -0.3 is 10.0 Å². The van der Waals surface area contributed by atoms with Crippen molar-refractivity contribution < 1.29 is 14.8 Å². The highest BCUT2D eigenvalue weighted by Crippen LogP contribution is 2.19. The first-order valence-corrected chi connectivity index (χ1v) is 6.65. The van der Waals surface area contributed by atoms with Crippen molar-refractivity contribution in [3.63, 3.8) is 0 Å². The summed E-state index contributed by atoms with van der Waals surface area (Å²) in [5.74, 6) is 0.246. The number of piperidine rings is 1. The number of carbonyl (C=O) groups excluding carboxylic acids is 1. The van der Waals surface area contributed by atoms with Crippen LogP contribution in [0.1, 0.15) is 19.3 Å². The van der Waals surface area contributed by atoms with Crippen LogP contribution >= 0.6 is 0 Å². The number of rotatable bonds is 5. The average molecular weight is 282 g/mol. The van der Waals surface area contributed by atoms with Crippen LogP contribution in [-0.4, -0.2) is 50.3 Å². The fraction of sp³-hybridized carbons (Fsp3) is 0.667. The molecule has 1 N–H and O–H groups in total. The summed E-state index contributed by atoms with van der Waals surface area (Å²) < 4.78 is 1.29. The van der Waals surface area contributed by atoms with E-state index in [1.807, 2.05) is 0 Å². The topological polar surface area (TPSA) is 102 Å². The summed E-state index contributed by atoms with van der Waals surface area (Å²) in [6.07, 6.45) is 5.05. The Balaban J connectivity index is 1.91. The molecule has 1 aliphatic heterocycles. The first-order chi connectivity index (χ1) is 9.60. The lowest BCUT2D eigenvalue weighted by molar-refractivity contribution is -0.385. The number of likely N-dealkylation sites (tertiary alicyclic amines) is 1. The van der Waals surface area contributed by atoms with Crippen molar-refractivity contribution in [1.82, 2.24) is 14.7 Å². The van der Waals surface area contributed by atoms with Gasteiger partial charge >= 0.3 is 5.69 Å². The van der Waals surface area contributed by atoms with Gasteiger partial charge in [0.15, 0.2) is 0 Å². The number of hydrogen-bond acceptors (Lipinski definition) is 5. The van der Waals surface area contributed by atoms with Crippen LogP contribution in [-0.2, 0) is 11.3 Å². The molecular weight excluding hydrogens is 264 g/mol. The molecule has 1 atom stereocenters. The minimum atomic E-state index is -0.536. The van der Waals surface area contributed by atoms with Crippen molar-refractivity contribution >= 4 is 11.6 Å². The third kappa shape index (κ3) is 3.53. The Labute approximate surface area is 116 Å². The minimum Gasteiger partial charge on any atom is -0.396 e. The highest BCUT2D eigenvalue weighted by molar-refractivity contribution is 5.76. The first kappa shape index (κ1) is 14.4. The molecule has 0 radical (unpaired) electrons. The van der Waals surface area contributed by atoms with E-state index >= 15 is 0 Å². The van der Waals surface area contributed by atoms with Gasteiger partial charge in [-0.25, -0.2) is 0 Å². The van der Waals surface area contributed by atoms with Crippen LogP contribution in [0.3, 0.4) is 0 Å². The summed E-state index contributed by atoms with van der Waals surface area (Å²) in [4.78, 5) is 23.9. The molecule has 0 bridgehead atoms. The molecule has 1 aromatic heterocycles. The molecule has 1 fully saturated rings. The van der Waals surface area contributed by atoms with Crippen LogP contribution in [0.5, 0.6) is 0 Å². The van der Waals surface area contributed by atoms with Crippen molar-refractivity contribution in [2.45, 2.75) is 25.8 Å². The van der Waals surface area contributed by atoms with Crippen molar-refractivity contribution in [2.24, 2.45) is 5.92 Å². The lowest BCUT2D eigenvalue weighted by Gasteiger charge is -2.32. The molecule has 8 nitrogen and oxygen atoms in total. The highest BCUT2D eigenvalue weighted by Gasteiger charge is 2.23. The van der Waals surface area contributed by atoms with Gasteiger partial charge in [0.1, 0.15) is 18.9 Å². The molecule has 1 unspecified atom stereocenters. The Morgan fingerprint density at radius 2 is 2.40 bits per heavy atom. The van der Waals surface area contributed by atoms with E-state index < -0.39 is 4.92 Å². The molecule has 0 aromatic carbocycles. The van der Waals surface area contributed by atoms with Gasteiger partial charge in [0, 0.05) is 19.7 Å². The number of nitro groups is 1. The van der Waals surface area contributed by atoms with E-state index in [1.54, 1.807) is 4.90 Å². The number of nitrogens with zero attached hydrogens (tertiary/aromatic N) is 4. The maximum absolute atomic E-state index is 12.1. The molecule has 0 spiro atoms. The Kier molecular flexibility index (Phi) is 4.67. The van der Waals surface area contributed by atoms with Gasteiger partial charge in [0.05, 0.1) is 4.92 Å². The van der Waals surface area contributed by atoms with Gasteiger partial charge in [-0.3, -0.25) is 19.6 Å². The van der Waals surface area contributed by atoms with E-state index in [2.05, 4.69) is 5.10 Å². The molecule has 0 aliphatic carbocycles. The second-order valence-corrected chi connectivity index (χ2v) is 5.01. The summed E-state index contributed by atoms with van der Waals surface area (Å²) in [5, 5.41) is 23.3. The Morgan fingerprint density at radius 3 is 3.05 bits per heavy atom.